The van der Waals surface area contributed by atoms with Crippen molar-refractivity contribution in [2.45, 2.75) is 13.8 Å². The van der Waals surface area contributed by atoms with Gasteiger partial charge in [0.15, 0.2) is 0 Å². The largest absolute Gasteiger partial charge is 0.449 e. The second kappa shape index (κ2) is 6.90. The van der Waals surface area contributed by atoms with Gasteiger partial charge in [-0.15, -0.1) is 0 Å². The van der Waals surface area contributed by atoms with Crippen LogP contribution in [0.15, 0.2) is 29.1 Å². The number of hydrogen-bond acceptors (Lipinski definition) is 5. The van der Waals surface area contributed by atoms with Crippen LogP contribution in [-0.4, -0.2) is 53.7 Å². The van der Waals surface area contributed by atoms with E-state index in [1.54, 1.807) is 11.0 Å². The zero-order valence-corrected chi connectivity index (χ0v) is 14.0. The van der Waals surface area contributed by atoms with Gasteiger partial charge in [-0.1, -0.05) is 26.0 Å². The number of carbonyl (C=O) groups is 1. The Labute approximate surface area is 140 Å². The molecule has 7 heteroatoms. The molecule has 0 spiro atoms. The molecule has 1 aliphatic heterocycles. The maximum absolute atomic E-state index is 12.2. The molecule has 0 atom stereocenters. The second-order valence-corrected chi connectivity index (χ2v) is 6.35. The Morgan fingerprint density at radius 3 is 2.67 bits per heavy atom. The Morgan fingerprint density at radius 2 is 1.96 bits per heavy atom. The molecule has 1 aliphatic rings. The quantitative estimate of drug-likeness (QED) is 0.929. The molecule has 3 rings (SSSR count). The monoisotopic (exact) mass is 330 g/mol. The highest BCUT2D eigenvalue weighted by Crippen LogP contribution is 2.14. The van der Waals surface area contributed by atoms with Crippen LogP contribution in [0, 0.1) is 5.92 Å². The van der Waals surface area contributed by atoms with E-state index in [0.717, 1.165) is 0 Å². The highest BCUT2D eigenvalue weighted by atomic mass is 16.6. The maximum Gasteiger partial charge on any atom is 0.409 e. The molecule has 1 aromatic carbocycles. The van der Waals surface area contributed by atoms with Gasteiger partial charge in [-0.05, 0) is 18.1 Å². The van der Waals surface area contributed by atoms with E-state index in [2.05, 4.69) is 9.97 Å². The van der Waals surface area contributed by atoms with Gasteiger partial charge in [0.25, 0.3) is 5.56 Å². The summed E-state index contributed by atoms with van der Waals surface area (Å²) in [4.78, 5) is 35.2. The number of ether oxygens (including phenoxy) is 1. The molecule has 2 heterocycles. The molecule has 0 saturated carbocycles. The zero-order valence-electron chi connectivity index (χ0n) is 14.0. The van der Waals surface area contributed by atoms with Crippen molar-refractivity contribution >= 4 is 22.9 Å². The minimum Gasteiger partial charge on any atom is -0.449 e. The SMILES string of the molecule is CC(C)COC(=O)N1CCN(c2nc3ccccc3c(=O)[nH]2)CC1. The molecule has 2 aromatic rings. The van der Waals surface area contributed by atoms with Crippen molar-refractivity contribution in [3.63, 3.8) is 0 Å². The predicted octanol–water partition coefficient (Wildman–Crippen LogP) is 1.84. The van der Waals surface area contributed by atoms with E-state index in [0.29, 0.717) is 55.6 Å². The van der Waals surface area contributed by atoms with Gasteiger partial charge in [-0.25, -0.2) is 9.78 Å². The number of H-pyrrole nitrogens is 1. The number of amides is 1. The van der Waals surface area contributed by atoms with Gasteiger partial charge in [0.2, 0.25) is 5.95 Å². The fourth-order valence-corrected chi connectivity index (χ4v) is 2.65. The van der Waals surface area contributed by atoms with Gasteiger partial charge in [0.05, 0.1) is 17.5 Å². The van der Waals surface area contributed by atoms with Crippen LogP contribution < -0.4 is 10.5 Å². The van der Waals surface area contributed by atoms with Crippen LogP contribution in [0.5, 0.6) is 0 Å². The number of rotatable bonds is 3. The van der Waals surface area contributed by atoms with Crippen molar-refractivity contribution in [1.82, 2.24) is 14.9 Å². The number of carbonyl (C=O) groups excluding carboxylic acids is 1. The fourth-order valence-electron chi connectivity index (χ4n) is 2.65. The lowest BCUT2D eigenvalue weighted by Gasteiger charge is -2.34. The molecule has 1 fully saturated rings. The van der Waals surface area contributed by atoms with Crippen molar-refractivity contribution in [2.75, 3.05) is 37.7 Å². The third-order valence-corrected chi connectivity index (χ3v) is 3.98. The molecule has 0 bridgehead atoms. The molecule has 0 radical (unpaired) electrons. The number of para-hydroxylation sites is 1. The smallest absolute Gasteiger partial charge is 0.409 e. The lowest BCUT2D eigenvalue weighted by molar-refractivity contribution is 0.0900. The van der Waals surface area contributed by atoms with Gasteiger partial charge < -0.3 is 14.5 Å². The summed E-state index contributed by atoms with van der Waals surface area (Å²) >= 11 is 0. The van der Waals surface area contributed by atoms with E-state index in [4.69, 9.17) is 4.74 Å². The molecule has 24 heavy (non-hydrogen) atoms. The van der Waals surface area contributed by atoms with Crippen molar-refractivity contribution in [2.24, 2.45) is 5.92 Å². The Hall–Kier alpha value is -2.57. The number of nitrogens with zero attached hydrogens (tertiary/aromatic N) is 3. The summed E-state index contributed by atoms with van der Waals surface area (Å²) in [5, 5.41) is 0.581. The third kappa shape index (κ3) is 3.50. The highest BCUT2D eigenvalue weighted by molar-refractivity contribution is 5.78. The number of aromatic nitrogens is 2. The molecular formula is C17H22N4O3. The number of fused-ring (bicyclic) bond motifs is 1. The predicted molar refractivity (Wildman–Crippen MR) is 92.3 cm³/mol. The summed E-state index contributed by atoms with van der Waals surface area (Å²) in [6.45, 7) is 6.76. The van der Waals surface area contributed by atoms with Crippen molar-refractivity contribution in [3.05, 3.63) is 34.6 Å². The van der Waals surface area contributed by atoms with Gasteiger partial charge in [-0.2, -0.15) is 0 Å². The number of piperazine rings is 1. The summed E-state index contributed by atoms with van der Waals surface area (Å²) in [5.74, 6) is 0.871. The first-order valence-electron chi connectivity index (χ1n) is 8.20. The van der Waals surface area contributed by atoms with E-state index in [1.165, 1.54) is 0 Å². The van der Waals surface area contributed by atoms with Crippen LogP contribution in [-0.2, 0) is 4.74 Å². The average molecular weight is 330 g/mol. The lowest BCUT2D eigenvalue weighted by atomic mass is 10.2. The van der Waals surface area contributed by atoms with Gasteiger partial charge >= 0.3 is 6.09 Å². The Kier molecular flexibility index (Phi) is 4.69. The van der Waals surface area contributed by atoms with Gasteiger partial charge in [-0.3, -0.25) is 9.78 Å². The summed E-state index contributed by atoms with van der Waals surface area (Å²) in [5.41, 5.74) is 0.532. The highest BCUT2D eigenvalue weighted by Gasteiger charge is 2.23. The van der Waals surface area contributed by atoms with Crippen LogP contribution in [0.1, 0.15) is 13.8 Å². The van der Waals surface area contributed by atoms with Crippen LogP contribution in [0.25, 0.3) is 10.9 Å². The molecule has 1 saturated heterocycles. The molecule has 1 aromatic heterocycles. The standard InChI is InChI=1S/C17H22N4O3/c1-12(2)11-24-17(23)21-9-7-20(8-10-21)16-18-14-6-4-3-5-13(14)15(22)19-16/h3-6,12H,7-11H2,1-2H3,(H,18,19,22). The minimum absolute atomic E-state index is 0.144. The first-order chi connectivity index (χ1) is 11.5. The first-order valence-corrected chi connectivity index (χ1v) is 8.20. The second-order valence-electron chi connectivity index (χ2n) is 6.35. The Bertz CT molecular complexity index is 779. The van der Waals surface area contributed by atoms with E-state index in [-0.39, 0.29) is 11.7 Å². The molecule has 1 N–H and O–H groups in total. The topological polar surface area (TPSA) is 78.5 Å². The lowest BCUT2D eigenvalue weighted by Crippen LogP contribution is -2.49. The number of aromatic amines is 1. The summed E-state index contributed by atoms with van der Waals surface area (Å²) in [6.07, 6.45) is -0.275. The fraction of sp³-hybridized carbons (Fsp3) is 0.471. The Morgan fingerprint density at radius 1 is 1.25 bits per heavy atom. The molecule has 0 aliphatic carbocycles. The maximum atomic E-state index is 12.2. The van der Waals surface area contributed by atoms with E-state index < -0.39 is 0 Å². The normalized spacial score (nSPS) is 15.1. The van der Waals surface area contributed by atoms with E-state index >= 15 is 0 Å². The van der Waals surface area contributed by atoms with Gasteiger partial charge in [0.1, 0.15) is 0 Å². The number of benzene rings is 1. The Balaban J connectivity index is 1.67. The van der Waals surface area contributed by atoms with Crippen LogP contribution in [0.3, 0.4) is 0 Å². The van der Waals surface area contributed by atoms with Gasteiger partial charge in [0, 0.05) is 26.2 Å². The summed E-state index contributed by atoms with van der Waals surface area (Å²) < 4.78 is 5.26. The minimum atomic E-state index is -0.275. The average Bonchev–Trinajstić information content (AvgIpc) is 2.60. The van der Waals surface area contributed by atoms with Crippen LogP contribution in [0.2, 0.25) is 0 Å². The molecule has 1 amide bonds. The summed E-state index contributed by atoms with van der Waals surface area (Å²) in [7, 11) is 0. The molecular weight excluding hydrogens is 308 g/mol. The van der Waals surface area contributed by atoms with E-state index in [1.807, 2.05) is 36.9 Å². The van der Waals surface area contributed by atoms with Crippen LogP contribution >= 0.6 is 0 Å². The van der Waals surface area contributed by atoms with Crippen LogP contribution in [0.4, 0.5) is 10.7 Å². The van der Waals surface area contributed by atoms with E-state index in [9.17, 15) is 9.59 Å². The number of hydrogen-bond donors (Lipinski definition) is 1. The molecule has 128 valence electrons. The summed E-state index contributed by atoms with van der Waals surface area (Å²) in [6, 6.07) is 7.27. The van der Waals surface area contributed by atoms with Crippen molar-refractivity contribution < 1.29 is 9.53 Å². The molecule has 7 nitrogen and oxygen atoms in total. The first kappa shape index (κ1) is 16.3. The number of anilines is 1. The zero-order chi connectivity index (χ0) is 17.1. The number of nitrogens with one attached hydrogen (secondary N) is 1. The van der Waals surface area contributed by atoms with Crippen molar-refractivity contribution in [1.29, 1.82) is 0 Å². The third-order valence-electron chi connectivity index (χ3n) is 3.98. The van der Waals surface area contributed by atoms with Crippen molar-refractivity contribution in [3.8, 4) is 0 Å². The molecule has 0 unspecified atom stereocenters.